The Kier molecular flexibility index (Phi) is 4.22. The topological polar surface area (TPSA) is 30.7 Å². The second kappa shape index (κ2) is 5.63. The van der Waals surface area contributed by atoms with Crippen molar-refractivity contribution in [1.82, 2.24) is 14.8 Å². The number of alkyl halides is 4. The molecule has 0 aliphatic heterocycles. The van der Waals surface area contributed by atoms with Gasteiger partial charge >= 0.3 is 6.18 Å². The normalized spacial score (nSPS) is 12.2. The predicted octanol–water partition coefficient (Wildman–Crippen LogP) is 4.42. The van der Waals surface area contributed by atoms with Crippen molar-refractivity contribution >= 4 is 11.6 Å². The van der Waals surface area contributed by atoms with E-state index in [1.165, 1.54) is 10.6 Å². The molecule has 0 spiro atoms. The highest BCUT2D eigenvalue weighted by molar-refractivity contribution is 6.16. The molecule has 0 fully saturated rings. The zero-order valence-electron chi connectivity index (χ0n) is 11.2. The summed E-state index contributed by atoms with van der Waals surface area (Å²) in [4.78, 5) is 0. The molecule has 0 radical (unpaired) electrons. The third kappa shape index (κ3) is 2.88. The van der Waals surface area contributed by atoms with Crippen LogP contribution in [0.4, 0.5) is 17.6 Å². The quantitative estimate of drug-likeness (QED) is 0.619. The Labute approximate surface area is 123 Å². The van der Waals surface area contributed by atoms with Crippen molar-refractivity contribution in [2.45, 2.75) is 31.9 Å². The van der Waals surface area contributed by atoms with E-state index in [0.29, 0.717) is 11.9 Å². The smallest absolute Gasteiger partial charge is 0.307 e. The minimum Gasteiger partial charge on any atom is -0.307 e. The summed E-state index contributed by atoms with van der Waals surface area (Å²) in [5.74, 6) is -0.922. The van der Waals surface area contributed by atoms with Gasteiger partial charge in [-0.2, -0.15) is 13.2 Å². The molecule has 0 saturated carbocycles. The van der Waals surface area contributed by atoms with E-state index in [2.05, 4.69) is 10.2 Å². The molecule has 1 heterocycles. The van der Waals surface area contributed by atoms with E-state index < -0.39 is 17.6 Å². The van der Waals surface area contributed by atoms with E-state index in [4.69, 9.17) is 11.6 Å². The van der Waals surface area contributed by atoms with Gasteiger partial charge in [-0.25, -0.2) is 4.39 Å². The maximum Gasteiger partial charge on any atom is 0.419 e. The second-order valence-corrected chi connectivity index (χ2v) is 4.97. The van der Waals surface area contributed by atoms with Crippen LogP contribution in [0.3, 0.4) is 0 Å². The van der Waals surface area contributed by atoms with Gasteiger partial charge in [-0.15, -0.1) is 21.8 Å². The van der Waals surface area contributed by atoms with Crippen molar-refractivity contribution in [1.29, 1.82) is 0 Å². The molecule has 114 valence electrons. The van der Waals surface area contributed by atoms with E-state index >= 15 is 0 Å². The lowest BCUT2D eigenvalue weighted by atomic mass is 10.1. The monoisotopic (exact) mass is 321 g/mol. The van der Waals surface area contributed by atoms with E-state index in [0.717, 1.165) is 6.07 Å². The number of halogens is 5. The van der Waals surface area contributed by atoms with Gasteiger partial charge in [0.05, 0.1) is 17.0 Å². The Morgan fingerprint density at radius 1 is 1.24 bits per heavy atom. The first kappa shape index (κ1) is 15.8. The van der Waals surface area contributed by atoms with Crippen LogP contribution in [0.1, 0.15) is 31.3 Å². The third-order valence-electron chi connectivity index (χ3n) is 2.95. The molecule has 1 aromatic carbocycles. The Morgan fingerprint density at radius 3 is 2.43 bits per heavy atom. The van der Waals surface area contributed by atoms with Crippen molar-refractivity contribution in [3.8, 4) is 11.4 Å². The molecule has 0 aliphatic carbocycles. The Hall–Kier alpha value is -1.63. The maximum atomic E-state index is 14.2. The lowest BCUT2D eigenvalue weighted by molar-refractivity contribution is -0.139. The molecule has 0 unspecified atom stereocenters. The van der Waals surface area contributed by atoms with E-state index in [1.54, 1.807) is 13.8 Å². The lowest BCUT2D eigenvalue weighted by Gasteiger charge is -2.15. The highest BCUT2D eigenvalue weighted by Crippen LogP contribution is 2.35. The fourth-order valence-electron chi connectivity index (χ4n) is 2.06. The van der Waals surface area contributed by atoms with Crippen LogP contribution in [0.2, 0.25) is 0 Å². The average Bonchev–Trinajstić information content (AvgIpc) is 2.81. The molecule has 1 aromatic heterocycles. The standard InChI is InChI=1S/C13H12ClF4N3/c1-7(2)21-10(6-14)19-20-12(21)8-4-3-5-9(11(8)15)13(16,17)18/h3-5,7H,6H2,1-2H3. The molecular formula is C13H12ClF4N3. The minimum absolute atomic E-state index is 0.0317. The molecule has 0 saturated heterocycles. The number of hydrogen-bond donors (Lipinski definition) is 0. The molecule has 21 heavy (non-hydrogen) atoms. The largest absolute Gasteiger partial charge is 0.419 e. The van der Waals surface area contributed by atoms with Gasteiger partial charge in [-0.3, -0.25) is 0 Å². The zero-order valence-corrected chi connectivity index (χ0v) is 12.0. The van der Waals surface area contributed by atoms with Gasteiger partial charge in [0.25, 0.3) is 0 Å². The molecular weight excluding hydrogens is 310 g/mol. The van der Waals surface area contributed by atoms with Crippen LogP contribution in [0, 0.1) is 5.82 Å². The highest BCUT2D eigenvalue weighted by atomic mass is 35.5. The van der Waals surface area contributed by atoms with E-state index in [9.17, 15) is 17.6 Å². The molecule has 3 nitrogen and oxygen atoms in total. The molecule has 0 aliphatic rings. The summed E-state index contributed by atoms with van der Waals surface area (Å²) in [5, 5.41) is 7.58. The summed E-state index contributed by atoms with van der Waals surface area (Å²) in [6.45, 7) is 3.57. The van der Waals surface area contributed by atoms with Crippen molar-refractivity contribution < 1.29 is 17.6 Å². The van der Waals surface area contributed by atoms with Crippen LogP contribution in [-0.4, -0.2) is 14.8 Å². The Morgan fingerprint density at radius 2 is 1.90 bits per heavy atom. The van der Waals surface area contributed by atoms with Gasteiger partial charge in [0.1, 0.15) is 11.6 Å². The fraction of sp³-hybridized carbons (Fsp3) is 0.385. The van der Waals surface area contributed by atoms with Crippen LogP contribution < -0.4 is 0 Å². The van der Waals surface area contributed by atoms with Gasteiger partial charge < -0.3 is 4.57 Å². The summed E-state index contributed by atoms with van der Waals surface area (Å²) in [6.07, 6.45) is -4.77. The van der Waals surface area contributed by atoms with Crippen LogP contribution in [0.15, 0.2) is 18.2 Å². The fourth-order valence-corrected chi connectivity index (χ4v) is 2.25. The van der Waals surface area contributed by atoms with Crippen LogP contribution in [0.5, 0.6) is 0 Å². The van der Waals surface area contributed by atoms with Crippen LogP contribution in [0.25, 0.3) is 11.4 Å². The SMILES string of the molecule is CC(C)n1c(CCl)nnc1-c1cccc(C(F)(F)F)c1F. The summed E-state index contributed by atoms with van der Waals surface area (Å²) in [5.41, 5.74) is -1.58. The third-order valence-corrected chi connectivity index (χ3v) is 3.19. The molecule has 0 bridgehead atoms. The van der Waals surface area contributed by atoms with Gasteiger partial charge in [-0.1, -0.05) is 6.07 Å². The molecule has 8 heteroatoms. The van der Waals surface area contributed by atoms with Crippen molar-refractivity contribution in [3.63, 3.8) is 0 Å². The molecule has 2 aromatic rings. The van der Waals surface area contributed by atoms with Gasteiger partial charge in [0.15, 0.2) is 5.82 Å². The van der Waals surface area contributed by atoms with Crippen LogP contribution >= 0.6 is 11.6 Å². The first-order chi connectivity index (χ1) is 9.77. The molecule has 0 amide bonds. The molecule has 0 N–H and O–H groups in total. The zero-order chi connectivity index (χ0) is 15.8. The summed E-state index contributed by atoms with van der Waals surface area (Å²) < 4.78 is 54.0. The average molecular weight is 322 g/mol. The van der Waals surface area contributed by atoms with Crippen molar-refractivity contribution in [2.24, 2.45) is 0 Å². The van der Waals surface area contributed by atoms with Crippen LogP contribution in [-0.2, 0) is 12.1 Å². The number of aromatic nitrogens is 3. The van der Waals surface area contributed by atoms with E-state index in [1.807, 2.05) is 0 Å². The Bertz CT molecular complexity index is 649. The van der Waals surface area contributed by atoms with Gasteiger partial charge in [0.2, 0.25) is 0 Å². The maximum absolute atomic E-state index is 14.2. The number of benzene rings is 1. The number of rotatable bonds is 3. The second-order valence-electron chi connectivity index (χ2n) is 4.70. The Balaban J connectivity index is 2.66. The summed E-state index contributed by atoms with van der Waals surface area (Å²) >= 11 is 5.72. The lowest BCUT2D eigenvalue weighted by Crippen LogP contribution is -2.11. The minimum atomic E-state index is -4.77. The van der Waals surface area contributed by atoms with Crippen molar-refractivity contribution in [3.05, 3.63) is 35.4 Å². The van der Waals surface area contributed by atoms with E-state index in [-0.39, 0.29) is 23.3 Å². The number of nitrogens with zero attached hydrogens (tertiary/aromatic N) is 3. The summed E-state index contributed by atoms with van der Waals surface area (Å²) in [7, 11) is 0. The predicted molar refractivity (Wildman–Crippen MR) is 70.4 cm³/mol. The number of hydrogen-bond acceptors (Lipinski definition) is 2. The first-order valence-electron chi connectivity index (χ1n) is 6.13. The molecule has 0 atom stereocenters. The first-order valence-corrected chi connectivity index (χ1v) is 6.66. The molecule has 2 rings (SSSR count). The van der Waals surface area contributed by atoms with Gasteiger partial charge in [0, 0.05) is 6.04 Å². The van der Waals surface area contributed by atoms with Gasteiger partial charge in [-0.05, 0) is 26.0 Å². The highest BCUT2D eigenvalue weighted by Gasteiger charge is 2.35. The van der Waals surface area contributed by atoms with Crippen molar-refractivity contribution in [2.75, 3.05) is 0 Å². The summed E-state index contributed by atoms with van der Waals surface area (Å²) in [6, 6.07) is 2.90.